The van der Waals surface area contributed by atoms with Crippen molar-refractivity contribution >= 4 is 22.5 Å². The van der Waals surface area contributed by atoms with Crippen molar-refractivity contribution in [2.45, 2.75) is 31.2 Å². The SMILES string of the molecule is [2H]C([2H])([2H])Oc1nc(N[C@H]2CCN(C3COC3)C[C@H]2F)nn2ccc(-c3ccc4nnn(CCF)c4c3)c12. The maximum Gasteiger partial charge on any atom is 0.244 e. The molecular weight excluding hydrogens is 458 g/mol. The highest BCUT2D eigenvalue weighted by atomic mass is 19.1. The molecule has 2 aliphatic heterocycles. The molecule has 10 nitrogen and oxygen atoms in total. The number of nitrogens with one attached hydrogen (secondary N) is 1. The summed E-state index contributed by atoms with van der Waals surface area (Å²) in [6.45, 7) is 1.69. The third-order valence-corrected chi connectivity index (χ3v) is 6.72. The molecule has 0 radical (unpaired) electrons. The van der Waals surface area contributed by atoms with Gasteiger partial charge in [-0.05, 0) is 30.2 Å². The first-order valence-corrected chi connectivity index (χ1v) is 11.5. The number of likely N-dealkylation sites (tertiary alicyclic amines) is 1. The van der Waals surface area contributed by atoms with Gasteiger partial charge in [-0.15, -0.1) is 10.2 Å². The predicted octanol–water partition coefficient (Wildman–Crippen LogP) is 2.34. The summed E-state index contributed by atoms with van der Waals surface area (Å²) in [5, 5.41) is 15.5. The normalized spacial score (nSPS) is 23.1. The molecule has 35 heavy (non-hydrogen) atoms. The van der Waals surface area contributed by atoms with Gasteiger partial charge in [-0.2, -0.15) is 4.98 Å². The average molecular weight is 488 g/mol. The van der Waals surface area contributed by atoms with Gasteiger partial charge < -0.3 is 14.8 Å². The van der Waals surface area contributed by atoms with E-state index in [4.69, 9.17) is 13.6 Å². The van der Waals surface area contributed by atoms with Crippen LogP contribution in [-0.4, -0.2) is 92.8 Å². The third-order valence-electron chi connectivity index (χ3n) is 6.72. The molecule has 12 heteroatoms. The summed E-state index contributed by atoms with van der Waals surface area (Å²) in [6, 6.07) is 6.81. The number of halogens is 2. The Morgan fingerprint density at radius 2 is 2.23 bits per heavy atom. The molecular formula is C23H26F2N8O2. The molecule has 0 amide bonds. The molecule has 2 fully saturated rings. The predicted molar refractivity (Wildman–Crippen MR) is 125 cm³/mol. The van der Waals surface area contributed by atoms with Gasteiger partial charge in [0.2, 0.25) is 11.8 Å². The number of rotatable bonds is 7. The molecule has 0 aliphatic carbocycles. The lowest BCUT2D eigenvalue weighted by Crippen LogP contribution is -2.57. The standard InChI is InChI=1S/C23H26F2N8O2/c1-34-22-21-16(14-2-3-19-20(10-14)32(9-6-24)30-28-19)4-8-33(21)29-23(27-22)26-18-5-7-31(11-17(18)25)15-12-35-13-15/h2-4,8,10,15,17-18H,5-7,9,11-13H2,1H3,(H,26,29)/t17-,18+/m1/s1/i1D3. The number of piperidine rings is 1. The second-order valence-electron chi connectivity index (χ2n) is 8.81. The van der Waals surface area contributed by atoms with Crippen LogP contribution in [0.25, 0.3) is 27.7 Å². The highest BCUT2D eigenvalue weighted by Crippen LogP contribution is 2.33. The van der Waals surface area contributed by atoms with Crippen molar-refractivity contribution in [3.8, 4) is 17.0 Å². The van der Waals surface area contributed by atoms with Crippen molar-refractivity contribution in [1.82, 2.24) is 34.5 Å². The number of hydrogen-bond acceptors (Lipinski definition) is 8. The molecule has 2 saturated heterocycles. The van der Waals surface area contributed by atoms with Crippen LogP contribution < -0.4 is 10.1 Å². The molecule has 4 aromatic rings. The number of aromatic nitrogens is 6. The van der Waals surface area contributed by atoms with E-state index < -0.39 is 25.9 Å². The number of nitrogens with zero attached hydrogens (tertiary/aromatic N) is 7. The van der Waals surface area contributed by atoms with E-state index in [0.29, 0.717) is 53.9 Å². The first-order valence-electron chi connectivity index (χ1n) is 13.0. The fraction of sp³-hybridized carbons (Fsp3) is 0.478. The Kier molecular flexibility index (Phi) is 4.86. The molecule has 1 aromatic carbocycles. The number of alkyl halides is 2. The fourth-order valence-electron chi connectivity index (χ4n) is 4.76. The molecule has 0 bridgehead atoms. The minimum Gasteiger partial charge on any atom is -0.479 e. The Balaban J connectivity index is 1.34. The summed E-state index contributed by atoms with van der Waals surface area (Å²) in [4.78, 5) is 6.44. The van der Waals surface area contributed by atoms with Crippen LogP contribution in [0, 0.1) is 0 Å². The van der Waals surface area contributed by atoms with Gasteiger partial charge in [0, 0.05) is 24.8 Å². The van der Waals surface area contributed by atoms with Crippen LogP contribution in [0.4, 0.5) is 14.7 Å². The number of aryl methyl sites for hydroxylation is 1. The molecule has 0 spiro atoms. The Morgan fingerprint density at radius 1 is 1.31 bits per heavy atom. The van der Waals surface area contributed by atoms with E-state index in [1.807, 2.05) is 0 Å². The van der Waals surface area contributed by atoms with Gasteiger partial charge in [-0.3, -0.25) is 4.90 Å². The van der Waals surface area contributed by atoms with Crippen molar-refractivity contribution in [3.05, 3.63) is 30.5 Å². The Morgan fingerprint density at radius 3 is 3.00 bits per heavy atom. The van der Waals surface area contributed by atoms with Crippen LogP contribution >= 0.6 is 0 Å². The van der Waals surface area contributed by atoms with Gasteiger partial charge in [0.15, 0.2) is 0 Å². The van der Waals surface area contributed by atoms with E-state index in [1.165, 1.54) is 9.20 Å². The number of benzene rings is 1. The highest BCUT2D eigenvalue weighted by Gasteiger charge is 2.35. The summed E-state index contributed by atoms with van der Waals surface area (Å²) < 4.78 is 64.4. The Hall–Kier alpha value is -3.38. The molecule has 6 rings (SSSR count). The van der Waals surface area contributed by atoms with Crippen molar-refractivity contribution in [2.75, 3.05) is 45.3 Å². The third kappa shape index (κ3) is 3.96. The Bertz CT molecular complexity index is 1460. The van der Waals surface area contributed by atoms with E-state index >= 15 is 4.39 Å². The zero-order valence-electron chi connectivity index (χ0n) is 21.8. The van der Waals surface area contributed by atoms with Crippen LogP contribution in [0.3, 0.4) is 0 Å². The lowest BCUT2D eigenvalue weighted by molar-refractivity contribution is -0.0794. The first kappa shape index (κ1) is 18.9. The van der Waals surface area contributed by atoms with E-state index in [0.717, 1.165) is 0 Å². The highest BCUT2D eigenvalue weighted by molar-refractivity contribution is 5.89. The molecule has 3 aromatic heterocycles. The number of hydrogen-bond donors (Lipinski definition) is 1. The number of anilines is 1. The minimum absolute atomic E-state index is 0.0605. The van der Waals surface area contributed by atoms with Crippen LogP contribution in [0.15, 0.2) is 30.5 Å². The van der Waals surface area contributed by atoms with Gasteiger partial charge in [0.05, 0.1) is 48.5 Å². The molecule has 2 aliphatic rings. The van der Waals surface area contributed by atoms with E-state index in [9.17, 15) is 4.39 Å². The maximum atomic E-state index is 15.0. The monoisotopic (exact) mass is 487 g/mol. The van der Waals surface area contributed by atoms with Gasteiger partial charge in [0.1, 0.15) is 23.9 Å². The van der Waals surface area contributed by atoms with Gasteiger partial charge in [-0.1, -0.05) is 11.3 Å². The summed E-state index contributed by atoms with van der Waals surface area (Å²) in [7, 11) is -2.78. The molecule has 5 heterocycles. The molecule has 0 unspecified atom stereocenters. The molecule has 2 atom stereocenters. The smallest absolute Gasteiger partial charge is 0.244 e. The number of fused-ring (bicyclic) bond motifs is 2. The minimum atomic E-state index is -2.78. The van der Waals surface area contributed by atoms with Crippen molar-refractivity contribution < 1.29 is 22.4 Å². The lowest BCUT2D eigenvalue weighted by Gasteiger charge is -2.42. The van der Waals surface area contributed by atoms with E-state index in [1.54, 1.807) is 30.5 Å². The van der Waals surface area contributed by atoms with Gasteiger partial charge in [-0.25, -0.2) is 18.0 Å². The zero-order chi connectivity index (χ0) is 26.4. The second-order valence-corrected chi connectivity index (χ2v) is 8.81. The van der Waals surface area contributed by atoms with E-state index in [-0.39, 0.29) is 31.0 Å². The van der Waals surface area contributed by atoms with Crippen molar-refractivity contribution in [1.29, 1.82) is 0 Å². The Labute approximate surface area is 204 Å². The summed E-state index contributed by atoms with van der Waals surface area (Å²) in [5.41, 5.74) is 2.85. The fourth-order valence-corrected chi connectivity index (χ4v) is 4.76. The maximum absolute atomic E-state index is 15.0. The van der Waals surface area contributed by atoms with Gasteiger partial charge in [0.25, 0.3) is 0 Å². The summed E-state index contributed by atoms with van der Waals surface area (Å²) in [6.07, 6.45) is 1.02. The topological polar surface area (TPSA) is 94.6 Å². The molecule has 0 saturated carbocycles. The quantitative estimate of drug-likeness (QED) is 0.425. The first-order chi connectivity index (χ1) is 18.3. The van der Waals surface area contributed by atoms with Crippen LogP contribution in [0.5, 0.6) is 5.88 Å². The van der Waals surface area contributed by atoms with E-state index in [2.05, 4.69) is 30.6 Å². The molecule has 184 valence electrons. The van der Waals surface area contributed by atoms with Crippen LogP contribution in [0.1, 0.15) is 10.5 Å². The summed E-state index contributed by atoms with van der Waals surface area (Å²) >= 11 is 0. The van der Waals surface area contributed by atoms with Crippen LogP contribution in [0.2, 0.25) is 0 Å². The van der Waals surface area contributed by atoms with Gasteiger partial charge >= 0.3 is 0 Å². The van der Waals surface area contributed by atoms with Crippen LogP contribution in [-0.2, 0) is 11.3 Å². The summed E-state index contributed by atoms with van der Waals surface area (Å²) in [5.74, 6) is -0.106. The largest absolute Gasteiger partial charge is 0.479 e. The van der Waals surface area contributed by atoms with Crippen molar-refractivity contribution in [2.24, 2.45) is 0 Å². The second kappa shape index (κ2) is 9.00. The lowest BCUT2D eigenvalue weighted by atomic mass is 10.0. The van der Waals surface area contributed by atoms with Crippen molar-refractivity contribution in [3.63, 3.8) is 0 Å². The average Bonchev–Trinajstić information content (AvgIpc) is 3.43. The number of ether oxygens (including phenoxy) is 2. The molecule has 1 N–H and O–H groups in total. The zero-order valence-corrected chi connectivity index (χ0v) is 18.8. The number of methoxy groups -OCH3 is 1.